The number of hydrogen-bond donors (Lipinski definition) is 0. The summed E-state index contributed by atoms with van der Waals surface area (Å²) in [6.07, 6.45) is 3.69. The Balaban J connectivity index is 1.05. The molecule has 6 nitrogen and oxygen atoms in total. The maximum absolute atomic E-state index is 5.05. The molecule has 4 heterocycles. The zero-order chi connectivity index (χ0) is 30.8. The van der Waals surface area contributed by atoms with E-state index < -0.39 is 0 Å². The molecule has 0 unspecified atom stereocenters. The van der Waals surface area contributed by atoms with E-state index in [9.17, 15) is 0 Å². The molecule has 9 aromatic rings. The van der Waals surface area contributed by atoms with E-state index in [4.69, 9.17) is 9.97 Å². The van der Waals surface area contributed by atoms with E-state index in [1.54, 1.807) is 0 Å². The molecular weight excluding hydrogens is 564 g/mol. The summed E-state index contributed by atoms with van der Waals surface area (Å²) in [5.74, 6) is 0. The number of benzene rings is 5. The van der Waals surface area contributed by atoms with Gasteiger partial charge in [0.25, 0.3) is 0 Å². The summed E-state index contributed by atoms with van der Waals surface area (Å²) in [5.41, 5.74) is 12.3. The number of imidazole rings is 2. The topological polar surface area (TPSA) is 61.4 Å². The van der Waals surface area contributed by atoms with Crippen molar-refractivity contribution in [2.24, 2.45) is 14.1 Å². The summed E-state index contributed by atoms with van der Waals surface area (Å²) in [7, 11) is 4.03. The minimum absolute atomic E-state index is 0.946. The van der Waals surface area contributed by atoms with E-state index in [0.29, 0.717) is 0 Å². The third-order valence-electron chi connectivity index (χ3n) is 8.97. The van der Waals surface area contributed by atoms with Gasteiger partial charge in [0.1, 0.15) is 0 Å². The van der Waals surface area contributed by atoms with Crippen molar-refractivity contribution in [2.45, 2.75) is 0 Å². The maximum Gasteiger partial charge on any atom is 0.0955 e. The van der Waals surface area contributed by atoms with E-state index in [2.05, 4.69) is 131 Å². The number of aromatic nitrogens is 6. The zero-order valence-electron chi connectivity index (χ0n) is 25.4. The second-order valence-corrected chi connectivity index (χ2v) is 11.9. The van der Waals surface area contributed by atoms with Crippen molar-refractivity contribution in [1.82, 2.24) is 29.1 Å². The number of aryl methyl sites for hydroxylation is 2. The summed E-state index contributed by atoms with van der Waals surface area (Å²) in [6.45, 7) is 0. The molecular formula is C40H28N6. The number of nitrogens with zero attached hydrogens (tertiary/aromatic N) is 6. The zero-order valence-corrected chi connectivity index (χ0v) is 25.4. The lowest BCUT2D eigenvalue weighted by Crippen LogP contribution is -1.90. The molecule has 5 aromatic carbocycles. The predicted molar refractivity (Wildman–Crippen MR) is 187 cm³/mol. The summed E-state index contributed by atoms with van der Waals surface area (Å²) in [6, 6.07) is 42.7. The van der Waals surface area contributed by atoms with Gasteiger partial charge in [0.15, 0.2) is 0 Å². The lowest BCUT2D eigenvalue weighted by Gasteiger charge is -2.10. The molecule has 0 fully saturated rings. The van der Waals surface area contributed by atoms with Crippen LogP contribution in [0.15, 0.2) is 134 Å². The van der Waals surface area contributed by atoms with Gasteiger partial charge >= 0.3 is 0 Å². The van der Waals surface area contributed by atoms with E-state index >= 15 is 0 Å². The van der Waals surface area contributed by atoms with Gasteiger partial charge in [-0.05, 0) is 82.2 Å². The summed E-state index contributed by atoms with van der Waals surface area (Å²) in [5, 5.41) is 4.81. The normalized spacial score (nSPS) is 11.7. The van der Waals surface area contributed by atoms with Crippen LogP contribution in [0.2, 0.25) is 0 Å². The first-order chi connectivity index (χ1) is 22.6. The Morgan fingerprint density at radius 3 is 1.24 bits per heavy atom. The van der Waals surface area contributed by atoms with Gasteiger partial charge in [-0.1, -0.05) is 60.7 Å². The first kappa shape index (κ1) is 26.3. The van der Waals surface area contributed by atoms with Gasteiger partial charge in [0.05, 0.1) is 57.5 Å². The van der Waals surface area contributed by atoms with Crippen LogP contribution in [0.1, 0.15) is 0 Å². The molecule has 0 saturated carbocycles. The highest BCUT2D eigenvalue weighted by atomic mass is 15.0. The molecule has 0 atom stereocenters. The van der Waals surface area contributed by atoms with Crippen molar-refractivity contribution < 1.29 is 0 Å². The van der Waals surface area contributed by atoms with Crippen LogP contribution in [0.4, 0.5) is 0 Å². The van der Waals surface area contributed by atoms with Gasteiger partial charge in [0.2, 0.25) is 0 Å². The van der Waals surface area contributed by atoms with Gasteiger partial charge < -0.3 is 9.13 Å². The number of hydrogen-bond acceptors (Lipinski definition) is 4. The lowest BCUT2D eigenvalue weighted by molar-refractivity contribution is 0.948. The minimum atomic E-state index is 0.946. The summed E-state index contributed by atoms with van der Waals surface area (Å²) in [4.78, 5) is 19.0. The van der Waals surface area contributed by atoms with Crippen LogP contribution in [0.5, 0.6) is 0 Å². The maximum atomic E-state index is 5.05. The molecule has 0 radical (unpaired) electrons. The van der Waals surface area contributed by atoms with Crippen LogP contribution in [-0.2, 0) is 14.1 Å². The second kappa shape index (κ2) is 10.2. The van der Waals surface area contributed by atoms with Crippen LogP contribution in [0, 0.1) is 0 Å². The van der Waals surface area contributed by atoms with Gasteiger partial charge in [-0.3, -0.25) is 0 Å². The quantitative estimate of drug-likeness (QED) is 0.191. The minimum Gasteiger partial charge on any atom is -0.334 e. The molecule has 218 valence electrons. The molecule has 9 rings (SSSR count). The molecule has 6 heteroatoms. The molecule has 4 aromatic heterocycles. The predicted octanol–water partition coefficient (Wildman–Crippen LogP) is 9.22. The molecule has 0 amide bonds. The van der Waals surface area contributed by atoms with Crippen LogP contribution >= 0.6 is 0 Å². The van der Waals surface area contributed by atoms with Crippen molar-refractivity contribution in [3.63, 3.8) is 0 Å². The molecule has 0 aliphatic carbocycles. The Labute approximate surface area is 265 Å². The highest BCUT2D eigenvalue weighted by molar-refractivity contribution is 6.09. The van der Waals surface area contributed by atoms with E-state index in [0.717, 1.165) is 67.1 Å². The van der Waals surface area contributed by atoms with Crippen LogP contribution in [0.25, 0.3) is 88.6 Å². The fraction of sp³-hybridized carbons (Fsp3) is 0.0500. The van der Waals surface area contributed by atoms with Crippen LogP contribution in [-0.4, -0.2) is 29.1 Å². The number of fused-ring (bicyclic) bond motifs is 5. The molecule has 0 aliphatic heterocycles. The Morgan fingerprint density at radius 1 is 0.413 bits per heavy atom. The van der Waals surface area contributed by atoms with Crippen LogP contribution in [0.3, 0.4) is 0 Å². The molecule has 0 bridgehead atoms. The third kappa shape index (κ3) is 4.34. The Kier molecular flexibility index (Phi) is 5.83. The monoisotopic (exact) mass is 592 g/mol. The van der Waals surface area contributed by atoms with E-state index in [1.165, 1.54) is 21.5 Å². The largest absolute Gasteiger partial charge is 0.334 e. The Bertz CT molecular complexity index is 2440. The molecule has 0 spiro atoms. The summed E-state index contributed by atoms with van der Waals surface area (Å²) < 4.78 is 4.08. The van der Waals surface area contributed by atoms with Crippen molar-refractivity contribution in [1.29, 1.82) is 0 Å². The fourth-order valence-electron chi connectivity index (χ4n) is 6.47. The van der Waals surface area contributed by atoms with E-state index in [1.807, 2.05) is 35.9 Å². The SMILES string of the molecule is Cn1cnc2ccc(-c3cccc(-c4ccc5c(ccc6cc(-c7cccc(-c8ccc9ncn(C)c9c8)n7)ccc65)c4)n3)cc21. The van der Waals surface area contributed by atoms with Gasteiger partial charge in [-0.25, -0.2) is 19.9 Å². The van der Waals surface area contributed by atoms with Gasteiger partial charge in [0, 0.05) is 36.3 Å². The molecule has 0 aliphatic rings. The van der Waals surface area contributed by atoms with Gasteiger partial charge in [-0.2, -0.15) is 0 Å². The van der Waals surface area contributed by atoms with Crippen molar-refractivity contribution in [3.05, 3.63) is 134 Å². The average molecular weight is 593 g/mol. The number of rotatable bonds is 4. The fourth-order valence-corrected chi connectivity index (χ4v) is 6.47. The summed E-state index contributed by atoms with van der Waals surface area (Å²) >= 11 is 0. The highest BCUT2D eigenvalue weighted by Gasteiger charge is 2.11. The third-order valence-corrected chi connectivity index (χ3v) is 8.97. The second-order valence-electron chi connectivity index (χ2n) is 11.9. The first-order valence-electron chi connectivity index (χ1n) is 15.3. The average Bonchev–Trinajstić information content (AvgIpc) is 3.68. The lowest BCUT2D eigenvalue weighted by atomic mass is 9.97. The van der Waals surface area contributed by atoms with Crippen molar-refractivity contribution in [2.75, 3.05) is 0 Å². The molecule has 0 N–H and O–H groups in total. The Morgan fingerprint density at radius 2 is 0.804 bits per heavy atom. The molecule has 0 saturated heterocycles. The first-order valence-corrected chi connectivity index (χ1v) is 15.3. The Hall–Kier alpha value is -6.14. The van der Waals surface area contributed by atoms with Crippen LogP contribution < -0.4 is 0 Å². The standard InChI is InChI=1S/C40H28N6/c1-45-23-41-37-17-13-29(21-39(37)45)35-7-3-5-33(43-35)27-11-15-31-25(19-27)9-10-26-20-28(12-16-32(26)31)34-6-4-8-36(44-34)30-14-18-38-40(22-30)46(2)24-42-38/h3-24H,1-2H3. The van der Waals surface area contributed by atoms with Crippen molar-refractivity contribution in [3.8, 4) is 45.0 Å². The van der Waals surface area contributed by atoms with Crippen molar-refractivity contribution >= 4 is 43.6 Å². The molecule has 46 heavy (non-hydrogen) atoms. The highest BCUT2D eigenvalue weighted by Crippen LogP contribution is 2.33. The smallest absolute Gasteiger partial charge is 0.0955 e. The van der Waals surface area contributed by atoms with Gasteiger partial charge in [-0.15, -0.1) is 0 Å². The number of pyridine rings is 2. The van der Waals surface area contributed by atoms with E-state index in [-0.39, 0.29) is 0 Å².